The summed E-state index contributed by atoms with van der Waals surface area (Å²) < 4.78 is 8.12. The van der Waals surface area contributed by atoms with Crippen molar-refractivity contribution in [1.82, 2.24) is 44.7 Å². The van der Waals surface area contributed by atoms with Gasteiger partial charge in [0.15, 0.2) is 5.65 Å². The van der Waals surface area contributed by atoms with Gasteiger partial charge in [0.2, 0.25) is 11.8 Å². The van der Waals surface area contributed by atoms with Gasteiger partial charge >= 0.3 is 0 Å². The van der Waals surface area contributed by atoms with Crippen LogP contribution in [0.2, 0.25) is 0 Å². The molecule has 6 aliphatic rings. The van der Waals surface area contributed by atoms with Crippen LogP contribution in [0.5, 0.6) is 11.5 Å². The normalized spacial score (nSPS) is 22.9. The molecule has 8 heterocycles. The van der Waals surface area contributed by atoms with Gasteiger partial charge in [0.05, 0.1) is 22.6 Å². The Bertz CT molecular complexity index is 2600. The van der Waals surface area contributed by atoms with E-state index in [-0.39, 0.29) is 24.8 Å². The highest BCUT2D eigenvalue weighted by Gasteiger charge is 2.45. The number of carbonyl (C=O) groups excluding carboxylic acids is 4. The lowest BCUT2D eigenvalue weighted by Gasteiger charge is -2.48. The number of aromatic nitrogens is 4. The zero-order valence-corrected chi connectivity index (χ0v) is 35.8. The van der Waals surface area contributed by atoms with Gasteiger partial charge in [-0.05, 0) is 98.7 Å². The SMILES string of the molecule is Nc1ncnc2c1c(-c1ccc(Oc3ccccc3)cc1)nn2C1CCN(C[C@H]2CCN(CC3CN(CC4CN(c5ccc6c(c5)C(=O)N(C5CCC(=O)NC5=O)C6=O)C4)C3)C2)CC1. The van der Waals surface area contributed by atoms with Crippen molar-refractivity contribution in [3.8, 4) is 22.8 Å². The Kier molecular flexibility index (Phi) is 10.6. The van der Waals surface area contributed by atoms with Gasteiger partial charge in [-0.1, -0.05) is 18.2 Å². The molecular formula is C48H53N11O5. The fourth-order valence-corrected chi connectivity index (χ4v) is 10.9. The third kappa shape index (κ3) is 7.77. The van der Waals surface area contributed by atoms with Crippen molar-refractivity contribution in [1.29, 1.82) is 0 Å². The van der Waals surface area contributed by atoms with E-state index in [9.17, 15) is 19.2 Å². The van der Waals surface area contributed by atoms with Gasteiger partial charge in [-0.25, -0.2) is 14.6 Å². The lowest BCUT2D eigenvalue weighted by Crippen LogP contribution is -2.57. The molecule has 3 N–H and O–H groups in total. The highest BCUT2D eigenvalue weighted by molar-refractivity contribution is 6.23. The lowest BCUT2D eigenvalue weighted by atomic mass is 9.93. The minimum Gasteiger partial charge on any atom is -0.457 e. The van der Waals surface area contributed by atoms with Crippen molar-refractivity contribution in [2.45, 2.75) is 44.2 Å². The molecule has 11 rings (SSSR count). The number of imide groups is 2. The molecule has 6 aliphatic heterocycles. The van der Waals surface area contributed by atoms with Crippen LogP contribution in [-0.4, -0.2) is 141 Å². The van der Waals surface area contributed by atoms with Gasteiger partial charge in [-0.3, -0.25) is 29.4 Å². The average molecular weight is 864 g/mol. The van der Waals surface area contributed by atoms with E-state index in [1.54, 1.807) is 12.1 Å². The van der Waals surface area contributed by atoms with E-state index < -0.39 is 23.8 Å². The van der Waals surface area contributed by atoms with E-state index >= 15 is 0 Å². The van der Waals surface area contributed by atoms with Gasteiger partial charge < -0.3 is 30.1 Å². The number of nitrogen functional groups attached to an aromatic ring is 1. The number of amides is 4. The maximum Gasteiger partial charge on any atom is 0.262 e. The molecule has 2 aromatic heterocycles. The Morgan fingerprint density at radius 3 is 2.16 bits per heavy atom. The zero-order chi connectivity index (χ0) is 43.5. The van der Waals surface area contributed by atoms with Gasteiger partial charge in [-0.15, -0.1) is 0 Å². The fourth-order valence-electron chi connectivity index (χ4n) is 10.9. The Morgan fingerprint density at radius 2 is 1.38 bits per heavy atom. The Hall–Kier alpha value is -6.23. The molecule has 1 unspecified atom stereocenters. The Balaban J connectivity index is 0.615. The first-order valence-electron chi connectivity index (χ1n) is 22.8. The fraction of sp³-hybridized carbons (Fsp3) is 0.438. The molecule has 330 valence electrons. The number of benzene rings is 3. The predicted octanol–water partition coefficient (Wildman–Crippen LogP) is 4.30. The van der Waals surface area contributed by atoms with Crippen LogP contribution in [0.4, 0.5) is 11.5 Å². The van der Waals surface area contributed by atoms with Gasteiger partial charge in [0.25, 0.3) is 11.8 Å². The summed E-state index contributed by atoms with van der Waals surface area (Å²) in [5.74, 6) is 2.05. The topological polar surface area (TPSA) is 175 Å². The molecule has 0 bridgehead atoms. The van der Waals surface area contributed by atoms with Crippen molar-refractivity contribution >= 4 is 46.2 Å². The molecule has 0 radical (unpaired) electrons. The van der Waals surface area contributed by atoms with E-state index in [0.29, 0.717) is 34.7 Å². The molecule has 3 aromatic carbocycles. The average Bonchev–Trinajstić information content (AvgIpc) is 3.96. The molecule has 0 aliphatic carbocycles. The number of hydrogen-bond acceptors (Lipinski definition) is 13. The maximum absolute atomic E-state index is 13.3. The third-order valence-corrected chi connectivity index (χ3v) is 14.2. The molecule has 16 nitrogen and oxygen atoms in total. The Labute approximate surface area is 371 Å². The van der Waals surface area contributed by atoms with Crippen molar-refractivity contribution in [3.63, 3.8) is 0 Å². The number of fused-ring (bicyclic) bond motifs is 2. The summed E-state index contributed by atoms with van der Waals surface area (Å²) in [4.78, 5) is 70.7. The van der Waals surface area contributed by atoms with E-state index in [1.807, 2.05) is 60.7 Å². The van der Waals surface area contributed by atoms with E-state index in [0.717, 1.165) is 110 Å². The largest absolute Gasteiger partial charge is 0.457 e. The van der Waals surface area contributed by atoms with Crippen LogP contribution in [0.25, 0.3) is 22.3 Å². The number of rotatable bonds is 12. The summed E-state index contributed by atoms with van der Waals surface area (Å²) in [5.41, 5.74) is 10.6. The third-order valence-electron chi connectivity index (χ3n) is 14.2. The molecule has 0 saturated carbocycles. The number of piperidine rings is 2. The number of nitrogens with zero attached hydrogens (tertiary/aromatic N) is 9. The summed E-state index contributed by atoms with van der Waals surface area (Å²) in [5, 5.41) is 8.19. The molecular weight excluding hydrogens is 811 g/mol. The second-order valence-electron chi connectivity index (χ2n) is 18.7. The number of hydrogen-bond donors (Lipinski definition) is 2. The monoisotopic (exact) mass is 863 g/mol. The number of nitrogens with two attached hydrogens (primary N) is 1. The van der Waals surface area contributed by atoms with Crippen LogP contribution < -0.4 is 20.7 Å². The summed E-state index contributed by atoms with van der Waals surface area (Å²) in [6.07, 6.45) is 5.07. The van der Waals surface area contributed by atoms with Crippen molar-refractivity contribution in [2.75, 3.05) is 82.6 Å². The predicted molar refractivity (Wildman–Crippen MR) is 240 cm³/mol. The van der Waals surface area contributed by atoms with Crippen LogP contribution in [0.3, 0.4) is 0 Å². The molecule has 2 atom stereocenters. The van der Waals surface area contributed by atoms with E-state index in [2.05, 4.69) is 39.6 Å². The van der Waals surface area contributed by atoms with Crippen LogP contribution in [-0.2, 0) is 9.59 Å². The van der Waals surface area contributed by atoms with Crippen LogP contribution in [0, 0.1) is 17.8 Å². The van der Waals surface area contributed by atoms with Crippen molar-refractivity contribution in [3.05, 3.63) is 90.3 Å². The summed E-state index contributed by atoms with van der Waals surface area (Å²) in [6, 6.07) is 22.4. The highest BCUT2D eigenvalue weighted by Crippen LogP contribution is 2.37. The first-order valence-corrected chi connectivity index (χ1v) is 22.8. The number of nitrogens with one attached hydrogen (secondary N) is 1. The molecule has 0 spiro atoms. The molecule has 64 heavy (non-hydrogen) atoms. The van der Waals surface area contributed by atoms with Crippen molar-refractivity contribution in [2.24, 2.45) is 17.8 Å². The number of para-hydroxylation sites is 1. The number of likely N-dealkylation sites (tertiary alicyclic amines) is 3. The van der Waals surface area contributed by atoms with Crippen LogP contribution in [0.15, 0.2) is 79.1 Å². The van der Waals surface area contributed by atoms with Crippen molar-refractivity contribution < 1.29 is 23.9 Å². The lowest BCUT2D eigenvalue weighted by molar-refractivity contribution is -0.136. The number of carbonyl (C=O) groups is 4. The van der Waals surface area contributed by atoms with E-state index in [1.165, 1.54) is 32.4 Å². The summed E-state index contributed by atoms with van der Waals surface area (Å²) in [7, 11) is 0. The molecule has 5 fully saturated rings. The van der Waals surface area contributed by atoms with E-state index in [4.69, 9.17) is 15.6 Å². The van der Waals surface area contributed by atoms with Gasteiger partial charge in [-0.2, -0.15) is 5.10 Å². The maximum atomic E-state index is 13.3. The smallest absolute Gasteiger partial charge is 0.262 e. The quantitative estimate of drug-likeness (QED) is 0.170. The second-order valence-corrected chi connectivity index (χ2v) is 18.7. The standard InChI is InChI=1S/C48H53N11O5/c49-44-42-43(33-6-9-37(10-7-33)64-36-4-2-1-3-5-36)53-59(45(42)51-29-50-44)34-15-18-54(19-16-34)21-30-14-17-55(22-30)23-31-24-56(25-31)26-32-27-57(28-32)35-8-11-38-39(20-35)48(63)58(47(38)62)40-12-13-41(60)52-46(40)61/h1-11,20,29-32,34,40H,12-19,21-28H2,(H2,49,50,51)(H,52,60,61)/t30-,40?/m1/s1. The van der Waals surface area contributed by atoms with Gasteiger partial charge in [0, 0.05) is 89.0 Å². The first kappa shape index (κ1) is 40.5. The number of anilines is 2. The number of ether oxygens (including phenoxy) is 1. The van der Waals surface area contributed by atoms with Gasteiger partial charge in [0.1, 0.15) is 35.4 Å². The van der Waals surface area contributed by atoms with Crippen LogP contribution >= 0.6 is 0 Å². The first-order chi connectivity index (χ1) is 31.2. The van der Waals surface area contributed by atoms with Crippen LogP contribution in [0.1, 0.15) is 58.9 Å². The Morgan fingerprint density at radius 1 is 0.688 bits per heavy atom. The summed E-state index contributed by atoms with van der Waals surface area (Å²) >= 11 is 0. The molecule has 5 saturated heterocycles. The minimum atomic E-state index is -0.953. The molecule has 4 amide bonds. The molecule has 5 aromatic rings. The highest BCUT2D eigenvalue weighted by atomic mass is 16.5. The second kappa shape index (κ2) is 16.7. The zero-order valence-electron chi connectivity index (χ0n) is 35.8. The minimum absolute atomic E-state index is 0.107. The summed E-state index contributed by atoms with van der Waals surface area (Å²) in [6.45, 7) is 11.9. The molecule has 16 heteroatoms.